The summed E-state index contributed by atoms with van der Waals surface area (Å²) in [5, 5.41) is 4.27. The van der Waals surface area contributed by atoms with Crippen LogP contribution in [0.3, 0.4) is 0 Å². The predicted molar refractivity (Wildman–Crippen MR) is 116 cm³/mol. The van der Waals surface area contributed by atoms with E-state index in [0.717, 1.165) is 17.7 Å². The minimum Gasteiger partial charge on any atom is -0.363 e. The van der Waals surface area contributed by atoms with Crippen molar-refractivity contribution in [1.82, 2.24) is 10.4 Å². The molecular weight excluding hydrogens is 372 g/mol. The number of fused-ring (bicyclic) bond motifs is 1. The number of nitrogens with one attached hydrogen (secondary N) is 1. The lowest BCUT2D eigenvalue weighted by Gasteiger charge is -2.43. The summed E-state index contributed by atoms with van der Waals surface area (Å²) in [5.74, 6) is -0.389. The van der Waals surface area contributed by atoms with E-state index in [2.05, 4.69) is 73.2 Å². The number of hydrogen-bond donors (Lipinski definition) is 1. The highest BCUT2D eigenvalue weighted by molar-refractivity contribution is 6.32. The largest absolute Gasteiger partial charge is 0.363 e. The van der Waals surface area contributed by atoms with Gasteiger partial charge in [-0.15, -0.1) is 0 Å². The molecule has 0 radical (unpaired) electrons. The van der Waals surface area contributed by atoms with Crippen molar-refractivity contribution < 1.29 is 4.79 Å². The number of anilines is 1. The first-order valence-electron chi connectivity index (χ1n) is 9.30. The number of nitrogens with zero attached hydrogens (tertiary/aromatic N) is 3. The molecule has 0 aliphatic carbocycles. The summed E-state index contributed by atoms with van der Waals surface area (Å²) in [6.07, 6.45) is 5.50. The molecule has 3 rings (SSSR count). The summed E-state index contributed by atoms with van der Waals surface area (Å²) >= 11 is 5.95. The number of hydrazone groups is 1. The van der Waals surface area contributed by atoms with Crippen LogP contribution in [0.1, 0.15) is 54.7 Å². The molecule has 28 heavy (non-hydrogen) atoms. The zero-order chi connectivity index (χ0) is 20.5. The van der Waals surface area contributed by atoms with E-state index in [4.69, 9.17) is 11.6 Å². The second-order valence-corrected chi connectivity index (χ2v) is 7.85. The Morgan fingerprint density at radius 3 is 2.79 bits per heavy atom. The zero-order valence-corrected chi connectivity index (χ0v) is 17.6. The van der Waals surface area contributed by atoms with Gasteiger partial charge in [-0.1, -0.05) is 17.7 Å². The fourth-order valence-corrected chi connectivity index (χ4v) is 3.94. The number of halogens is 1. The maximum Gasteiger partial charge on any atom is 0.274 e. The van der Waals surface area contributed by atoms with Crippen molar-refractivity contribution in [2.75, 3.05) is 11.4 Å². The van der Waals surface area contributed by atoms with Crippen molar-refractivity contribution in [2.24, 2.45) is 5.10 Å². The van der Waals surface area contributed by atoms with Gasteiger partial charge in [-0.05, 0) is 75.6 Å². The standard InChI is InChI=1S/C22H25ClN4O/c1-6-27-19-10-14(2)16(11-18(19)15(3)12-22(27,4)5)13-25-26-21(28)17-8-7-9-24-20(17)23/h7-13H,6H2,1-5H3,(H,26,28)/b25-13-. The topological polar surface area (TPSA) is 57.6 Å². The Morgan fingerprint density at radius 2 is 2.11 bits per heavy atom. The van der Waals surface area contributed by atoms with Gasteiger partial charge in [0, 0.05) is 24.0 Å². The fourth-order valence-electron chi connectivity index (χ4n) is 3.74. The van der Waals surface area contributed by atoms with Gasteiger partial charge in [0.15, 0.2) is 0 Å². The number of pyridine rings is 1. The van der Waals surface area contributed by atoms with Crippen LogP contribution >= 0.6 is 11.6 Å². The highest BCUT2D eigenvalue weighted by atomic mass is 35.5. The molecule has 0 saturated carbocycles. The van der Waals surface area contributed by atoms with Crippen LogP contribution in [0.2, 0.25) is 5.15 Å². The van der Waals surface area contributed by atoms with Gasteiger partial charge < -0.3 is 4.90 Å². The predicted octanol–water partition coefficient (Wildman–Crippen LogP) is 4.83. The van der Waals surface area contributed by atoms with Gasteiger partial charge in [-0.25, -0.2) is 10.4 Å². The van der Waals surface area contributed by atoms with Gasteiger partial charge in [-0.3, -0.25) is 4.79 Å². The number of rotatable bonds is 4. The van der Waals surface area contributed by atoms with Gasteiger partial charge in [0.1, 0.15) is 5.15 Å². The molecule has 0 unspecified atom stereocenters. The number of hydrogen-bond acceptors (Lipinski definition) is 4. The molecule has 1 aromatic heterocycles. The number of carbonyl (C=O) groups is 1. The van der Waals surface area contributed by atoms with Crippen LogP contribution in [0.5, 0.6) is 0 Å². The molecule has 1 amide bonds. The minimum absolute atomic E-state index is 0.0230. The maximum atomic E-state index is 12.2. The summed E-state index contributed by atoms with van der Waals surface area (Å²) < 4.78 is 0. The van der Waals surface area contributed by atoms with Gasteiger partial charge >= 0.3 is 0 Å². The Labute approximate surface area is 171 Å². The maximum absolute atomic E-state index is 12.2. The van der Waals surface area contributed by atoms with Gasteiger partial charge in [0.05, 0.1) is 17.3 Å². The van der Waals surface area contributed by atoms with Crippen LogP contribution in [0, 0.1) is 6.92 Å². The highest BCUT2D eigenvalue weighted by Gasteiger charge is 2.30. The fraction of sp³-hybridized carbons (Fsp3) is 0.318. The van der Waals surface area contributed by atoms with Crippen molar-refractivity contribution in [3.63, 3.8) is 0 Å². The van der Waals surface area contributed by atoms with Gasteiger partial charge in [0.2, 0.25) is 0 Å². The lowest BCUT2D eigenvalue weighted by Crippen LogP contribution is -2.45. The molecule has 0 spiro atoms. The Kier molecular flexibility index (Phi) is 5.57. The van der Waals surface area contributed by atoms with Crippen LogP contribution in [0.25, 0.3) is 5.57 Å². The molecule has 1 aliphatic rings. The number of amides is 1. The summed E-state index contributed by atoms with van der Waals surface area (Å²) in [6.45, 7) is 11.7. The van der Waals surface area contributed by atoms with E-state index in [1.54, 1.807) is 18.3 Å². The lowest BCUT2D eigenvalue weighted by molar-refractivity contribution is 0.0955. The third-order valence-corrected chi connectivity index (χ3v) is 5.36. The Morgan fingerprint density at radius 1 is 1.36 bits per heavy atom. The molecule has 1 N–H and O–H groups in total. The molecule has 5 nitrogen and oxygen atoms in total. The van der Waals surface area contributed by atoms with E-state index in [1.165, 1.54) is 23.0 Å². The molecule has 6 heteroatoms. The van der Waals surface area contributed by atoms with Crippen molar-refractivity contribution in [3.05, 3.63) is 63.9 Å². The van der Waals surface area contributed by atoms with Crippen LogP contribution in [0.4, 0.5) is 5.69 Å². The summed E-state index contributed by atoms with van der Waals surface area (Å²) in [6, 6.07) is 7.59. The van der Waals surface area contributed by atoms with E-state index in [9.17, 15) is 4.79 Å². The first-order valence-corrected chi connectivity index (χ1v) is 9.68. The Bertz CT molecular complexity index is 978. The second-order valence-electron chi connectivity index (χ2n) is 7.49. The number of carbonyl (C=O) groups excluding carboxylic acids is 1. The van der Waals surface area contributed by atoms with Crippen LogP contribution < -0.4 is 10.3 Å². The van der Waals surface area contributed by atoms with Gasteiger partial charge in [0.25, 0.3) is 5.91 Å². The van der Waals surface area contributed by atoms with Gasteiger partial charge in [-0.2, -0.15) is 5.10 Å². The summed E-state index contributed by atoms with van der Waals surface area (Å²) in [4.78, 5) is 18.5. The molecule has 2 heterocycles. The minimum atomic E-state index is -0.389. The Balaban J connectivity index is 1.87. The number of benzene rings is 1. The molecule has 146 valence electrons. The monoisotopic (exact) mass is 396 g/mol. The molecular formula is C22H25ClN4O. The number of allylic oxidation sites excluding steroid dienone is 1. The Hall–Kier alpha value is -2.66. The molecule has 0 bridgehead atoms. The third kappa shape index (κ3) is 3.80. The van der Waals surface area contributed by atoms with E-state index in [-0.39, 0.29) is 16.6 Å². The van der Waals surface area contributed by atoms with Crippen molar-refractivity contribution in [3.8, 4) is 0 Å². The quantitative estimate of drug-likeness (QED) is 0.457. The van der Waals surface area contributed by atoms with Crippen molar-refractivity contribution in [1.29, 1.82) is 0 Å². The molecule has 1 aromatic carbocycles. The van der Waals surface area contributed by atoms with Crippen LogP contribution in [0.15, 0.2) is 41.6 Å². The summed E-state index contributed by atoms with van der Waals surface area (Å²) in [5.41, 5.74) is 8.51. The average molecular weight is 397 g/mol. The van der Waals surface area contributed by atoms with E-state index < -0.39 is 0 Å². The van der Waals surface area contributed by atoms with Crippen molar-refractivity contribution in [2.45, 2.75) is 40.2 Å². The first-order chi connectivity index (χ1) is 13.2. The van der Waals surface area contributed by atoms with Crippen molar-refractivity contribution >= 4 is 35.0 Å². The molecule has 1 aliphatic heterocycles. The average Bonchev–Trinajstić information content (AvgIpc) is 2.62. The molecule has 0 atom stereocenters. The van der Waals surface area contributed by atoms with E-state index >= 15 is 0 Å². The highest BCUT2D eigenvalue weighted by Crippen LogP contribution is 2.39. The van der Waals surface area contributed by atoms with Crippen LogP contribution in [-0.2, 0) is 0 Å². The number of aryl methyl sites for hydroxylation is 1. The summed E-state index contributed by atoms with van der Waals surface area (Å²) in [7, 11) is 0. The van der Waals surface area contributed by atoms with Crippen LogP contribution in [-0.4, -0.2) is 29.2 Å². The van der Waals surface area contributed by atoms with E-state index in [0.29, 0.717) is 5.56 Å². The molecule has 0 fully saturated rings. The lowest BCUT2D eigenvalue weighted by atomic mass is 9.87. The zero-order valence-electron chi connectivity index (χ0n) is 16.9. The van der Waals surface area contributed by atoms with E-state index in [1.807, 2.05) is 0 Å². The first kappa shape index (κ1) is 20.1. The normalized spacial score (nSPS) is 15.4. The number of aromatic nitrogens is 1. The molecule has 2 aromatic rings. The second kappa shape index (κ2) is 7.76. The third-order valence-electron chi connectivity index (χ3n) is 5.06. The smallest absolute Gasteiger partial charge is 0.274 e. The molecule has 0 saturated heterocycles. The SMILES string of the molecule is CCN1c2cc(C)c(/C=N\NC(=O)c3cccnc3Cl)cc2C(C)=CC1(C)C. The number of likely N-dealkylation sites (N-methyl/N-ethyl adjacent to an activating group) is 1.